The predicted molar refractivity (Wildman–Crippen MR) is 171 cm³/mol. The van der Waals surface area contributed by atoms with E-state index in [1.807, 2.05) is 0 Å². The van der Waals surface area contributed by atoms with Crippen LogP contribution >= 0.6 is 15.9 Å². The van der Waals surface area contributed by atoms with E-state index >= 15 is 0 Å². The fourth-order valence-corrected chi connectivity index (χ4v) is 5.81. The van der Waals surface area contributed by atoms with Gasteiger partial charge in [-0.15, -0.1) is 0 Å². The molecule has 0 spiro atoms. The van der Waals surface area contributed by atoms with E-state index in [2.05, 4.69) is 161 Å². The normalized spacial score (nSPS) is 12.3. The Morgan fingerprint density at radius 1 is 0.500 bits per heavy atom. The molecule has 38 heavy (non-hydrogen) atoms. The molecule has 0 aromatic heterocycles. The minimum Gasteiger partial charge on any atom is -0.309 e. The van der Waals surface area contributed by atoms with Crippen molar-refractivity contribution in [2.45, 2.75) is 66.2 Å². The average molecular weight is 565 g/mol. The molecule has 0 aliphatic heterocycles. The van der Waals surface area contributed by atoms with Crippen molar-refractivity contribution in [2.75, 3.05) is 4.90 Å². The summed E-state index contributed by atoms with van der Waals surface area (Å²) in [7, 11) is 0. The van der Waals surface area contributed by atoms with Gasteiger partial charge in [-0.1, -0.05) is 101 Å². The number of hydrogen-bond acceptors (Lipinski definition) is 1. The Labute approximate surface area is 236 Å². The van der Waals surface area contributed by atoms with Gasteiger partial charge in [0.25, 0.3) is 0 Å². The zero-order valence-electron chi connectivity index (χ0n) is 23.9. The summed E-state index contributed by atoms with van der Waals surface area (Å²) in [6.07, 6.45) is 0. The van der Waals surface area contributed by atoms with Crippen molar-refractivity contribution < 1.29 is 0 Å². The van der Waals surface area contributed by atoms with E-state index in [1.165, 1.54) is 49.5 Å². The molecule has 0 heterocycles. The Kier molecular flexibility index (Phi) is 6.68. The average Bonchev–Trinajstić information content (AvgIpc) is 2.86. The molecule has 0 aliphatic rings. The van der Waals surface area contributed by atoms with Gasteiger partial charge in [-0.3, -0.25) is 0 Å². The summed E-state index contributed by atoms with van der Waals surface area (Å²) in [5.41, 5.74) is 8.80. The van der Waals surface area contributed by atoms with Gasteiger partial charge < -0.3 is 4.90 Å². The lowest BCUT2D eigenvalue weighted by Gasteiger charge is -2.31. The second kappa shape index (κ2) is 9.58. The van der Waals surface area contributed by atoms with Gasteiger partial charge >= 0.3 is 0 Å². The summed E-state index contributed by atoms with van der Waals surface area (Å²) in [4.78, 5) is 2.45. The Morgan fingerprint density at radius 3 is 1.21 bits per heavy atom. The maximum atomic E-state index is 4.03. The largest absolute Gasteiger partial charge is 0.309 e. The van der Waals surface area contributed by atoms with Gasteiger partial charge in [-0.05, 0) is 98.9 Å². The fraction of sp³-hybridized carbons (Fsp3) is 0.278. The second-order valence-corrected chi connectivity index (χ2v) is 13.5. The summed E-state index contributed by atoms with van der Waals surface area (Å²) in [6, 6.07) is 31.8. The van der Waals surface area contributed by atoms with Crippen LogP contribution in [0.1, 0.15) is 63.8 Å². The number of anilines is 3. The van der Waals surface area contributed by atoms with Crippen LogP contribution in [0.3, 0.4) is 0 Å². The van der Waals surface area contributed by atoms with Gasteiger partial charge in [0.1, 0.15) is 0 Å². The first-order valence-corrected chi connectivity index (χ1v) is 14.3. The van der Waals surface area contributed by atoms with E-state index in [1.54, 1.807) is 0 Å². The van der Waals surface area contributed by atoms with Crippen LogP contribution in [0.4, 0.5) is 17.1 Å². The molecule has 5 rings (SSSR count). The summed E-state index contributed by atoms with van der Waals surface area (Å²) in [5, 5.41) is 4.97. The van der Waals surface area contributed by atoms with Crippen LogP contribution in [0.2, 0.25) is 0 Å². The second-order valence-electron chi connectivity index (χ2n) is 12.7. The molecule has 0 atom stereocenters. The highest BCUT2D eigenvalue weighted by Crippen LogP contribution is 2.48. The number of hydrogen-bond donors (Lipinski definition) is 0. The van der Waals surface area contributed by atoms with Crippen molar-refractivity contribution in [3.63, 3.8) is 0 Å². The minimum atomic E-state index is 0.0404. The van der Waals surface area contributed by atoms with E-state index in [4.69, 9.17) is 0 Å². The number of benzene rings is 5. The summed E-state index contributed by atoms with van der Waals surface area (Å²) in [5.74, 6) is 0. The third kappa shape index (κ3) is 4.87. The van der Waals surface area contributed by atoms with Crippen molar-refractivity contribution >= 4 is 54.5 Å². The number of fused-ring (bicyclic) bond motifs is 2. The van der Waals surface area contributed by atoms with Gasteiger partial charge in [0.05, 0.1) is 5.69 Å². The molecule has 5 aromatic rings. The minimum absolute atomic E-state index is 0.0404. The Bertz CT molecular complexity index is 1510. The maximum absolute atomic E-state index is 4.03. The highest BCUT2D eigenvalue weighted by molar-refractivity contribution is 9.10. The zero-order valence-corrected chi connectivity index (χ0v) is 25.5. The maximum Gasteiger partial charge on any atom is 0.0619 e. The van der Waals surface area contributed by atoms with Crippen molar-refractivity contribution in [3.05, 3.63) is 112 Å². The number of halogens is 1. The Hall–Kier alpha value is -3.10. The van der Waals surface area contributed by atoms with Gasteiger partial charge in [0, 0.05) is 26.6 Å². The van der Waals surface area contributed by atoms with Crippen LogP contribution in [0.25, 0.3) is 21.5 Å². The molecule has 0 fully saturated rings. The lowest BCUT2D eigenvalue weighted by Crippen LogP contribution is -2.14. The molecule has 0 N–H and O–H groups in total. The third-order valence-electron chi connectivity index (χ3n) is 7.56. The molecule has 1 nitrogen and oxygen atoms in total. The van der Waals surface area contributed by atoms with E-state index in [0.29, 0.717) is 0 Å². The monoisotopic (exact) mass is 563 g/mol. The molecule has 0 aliphatic carbocycles. The van der Waals surface area contributed by atoms with Gasteiger partial charge in [-0.2, -0.15) is 0 Å². The Balaban J connectivity index is 1.99. The summed E-state index contributed by atoms with van der Waals surface area (Å²) in [6.45, 7) is 18.0. The number of nitrogens with zero attached hydrogens (tertiary/aromatic N) is 1. The first-order valence-electron chi connectivity index (χ1n) is 13.5. The standard InChI is InChI=1S/C36H38BrN/c1-23-9-15-27(16-10-23)38(28-17-11-24(2)12-18-28)34-31-21-25(35(3,4)5)13-19-29(31)33(37)30-20-14-26(22-32(30)34)36(6,7)8/h9-22H,1-8H3. The fourth-order valence-electron chi connectivity index (χ4n) is 5.12. The van der Waals surface area contributed by atoms with Crippen molar-refractivity contribution in [2.24, 2.45) is 0 Å². The Morgan fingerprint density at radius 2 is 0.868 bits per heavy atom. The van der Waals surface area contributed by atoms with Gasteiger partial charge in [0.2, 0.25) is 0 Å². The van der Waals surface area contributed by atoms with Crippen LogP contribution in [-0.4, -0.2) is 0 Å². The van der Waals surface area contributed by atoms with Crippen LogP contribution in [0.15, 0.2) is 89.4 Å². The topological polar surface area (TPSA) is 3.24 Å². The van der Waals surface area contributed by atoms with E-state index in [-0.39, 0.29) is 10.8 Å². The van der Waals surface area contributed by atoms with Crippen LogP contribution < -0.4 is 4.90 Å². The van der Waals surface area contributed by atoms with Crippen LogP contribution in [-0.2, 0) is 10.8 Å². The first kappa shape index (κ1) is 26.5. The van der Waals surface area contributed by atoms with E-state index in [9.17, 15) is 0 Å². The van der Waals surface area contributed by atoms with E-state index < -0.39 is 0 Å². The van der Waals surface area contributed by atoms with Crippen LogP contribution in [0.5, 0.6) is 0 Å². The van der Waals surface area contributed by atoms with Gasteiger partial charge in [0.15, 0.2) is 0 Å². The third-order valence-corrected chi connectivity index (χ3v) is 8.42. The number of rotatable bonds is 3. The molecule has 0 saturated carbocycles. The predicted octanol–water partition coefficient (Wildman–Crippen LogP) is 11.4. The van der Waals surface area contributed by atoms with Crippen molar-refractivity contribution in [1.29, 1.82) is 0 Å². The van der Waals surface area contributed by atoms with Crippen molar-refractivity contribution in [1.82, 2.24) is 0 Å². The zero-order chi connectivity index (χ0) is 27.4. The smallest absolute Gasteiger partial charge is 0.0619 e. The molecule has 5 aromatic carbocycles. The quantitative estimate of drug-likeness (QED) is 0.197. The molecule has 0 amide bonds. The molecule has 0 unspecified atom stereocenters. The molecule has 0 bridgehead atoms. The molecule has 2 heteroatoms. The molecular formula is C36H38BrN. The van der Waals surface area contributed by atoms with Crippen LogP contribution in [0, 0.1) is 13.8 Å². The van der Waals surface area contributed by atoms with Crippen molar-refractivity contribution in [3.8, 4) is 0 Å². The highest BCUT2D eigenvalue weighted by atomic mass is 79.9. The summed E-state index contributed by atoms with van der Waals surface area (Å²) >= 11 is 4.03. The number of aryl methyl sites for hydroxylation is 2. The highest BCUT2D eigenvalue weighted by Gasteiger charge is 2.24. The SMILES string of the molecule is Cc1ccc(N(c2ccc(C)cc2)c2c3cc(C(C)(C)C)ccc3c(Br)c3ccc(C(C)(C)C)cc23)cc1. The van der Waals surface area contributed by atoms with E-state index in [0.717, 1.165) is 15.8 Å². The lowest BCUT2D eigenvalue weighted by atomic mass is 9.83. The molecular weight excluding hydrogens is 526 g/mol. The molecule has 0 saturated heterocycles. The molecule has 0 radical (unpaired) electrons. The lowest BCUT2D eigenvalue weighted by molar-refractivity contribution is 0.591. The molecule has 194 valence electrons. The summed E-state index contributed by atoms with van der Waals surface area (Å²) < 4.78 is 1.15. The van der Waals surface area contributed by atoms with Gasteiger partial charge in [-0.25, -0.2) is 0 Å². The first-order chi connectivity index (χ1) is 17.8.